The van der Waals surface area contributed by atoms with Crippen molar-refractivity contribution in [2.45, 2.75) is 151 Å². The van der Waals surface area contributed by atoms with Crippen molar-refractivity contribution in [2.24, 2.45) is 36.2 Å². The number of halogens is 7. The zero-order chi connectivity index (χ0) is 38.6. The van der Waals surface area contributed by atoms with Crippen molar-refractivity contribution in [1.29, 1.82) is 0 Å². The molecular formula is C33H67F7N3O2P3. The Morgan fingerprint density at radius 1 is 0.583 bits per heavy atom. The van der Waals surface area contributed by atoms with E-state index in [1.54, 1.807) is 41.5 Å². The van der Waals surface area contributed by atoms with Gasteiger partial charge in [0.2, 0.25) is 11.7 Å². The van der Waals surface area contributed by atoms with E-state index >= 15 is 0 Å². The largest absolute Gasteiger partial charge is 0.365 e. The molecule has 0 spiro atoms. The van der Waals surface area contributed by atoms with Crippen LogP contribution in [0, 0.1) is 22.7 Å². The molecule has 5 atom stereocenters. The zero-order valence-corrected chi connectivity index (χ0v) is 35.4. The minimum atomic E-state index is -3.85. The minimum Gasteiger partial charge on any atom is -0.308 e. The van der Waals surface area contributed by atoms with Gasteiger partial charge < -0.3 is 4.74 Å². The second-order valence-corrected chi connectivity index (χ2v) is 25.1. The number of ether oxygens (including phenoxy) is 2. The average Bonchev–Trinajstić information content (AvgIpc) is 2.91. The number of rotatable bonds is 11. The normalized spacial score (nSPS) is 31.5. The van der Waals surface area contributed by atoms with Crippen molar-refractivity contribution in [2.75, 3.05) is 40.0 Å². The molecule has 1 fully saturated rings. The molecule has 0 bridgehead atoms. The van der Waals surface area contributed by atoms with E-state index in [9.17, 15) is 30.7 Å². The molecule has 0 aromatic rings. The third-order valence-electron chi connectivity index (χ3n) is 10.8. The van der Waals surface area contributed by atoms with Crippen LogP contribution in [0.25, 0.3) is 0 Å². The first kappa shape index (κ1) is 48.1. The highest BCUT2D eigenvalue weighted by Crippen LogP contribution is 2.71. The van der Waals surface area contributed by atoms with E-state index in [1.807, 2.05) is 0 Å². The Morgan fingerprint density at radius 3 is 1.08 bits per heavy atom. The van der Waals surface area contributed by atoms with Gasteiger partial charge in [0.05, 0.1) is 32.4 Å². The SMILES string of the molecule is CCC(CC)(CC)C(F)(F)OC(F)(F)C(CC)(CC)CC.CCC1(F)OC(C)(F)C(C)C(C)(F)C1C.CP1(C)=NP(C)(C)=NP(C)(C)=N1. The summed E-state index contributed by atoms with van der Waals surface area (Å²) in [6.07, 6.45) is -7.17. The summed E-state index contributed by atoms with van der Waals surface area (Å²) in [4.78, 5) is 0. The van der Waals surface area contributed by atoms with Crippen LogP contribution in [-0.2, 0) is 9.47 Å². The Kier molecular flexibility index (Phi) is 16.5. The lowest BCUT2D eigenvalue weighted by Gasteiger charge is -2.51. The van der Waals surface area contributed by atoms with Crippen molar-refractivity contribution in [1.82, 2.24) is 0 Å². The molecule has 0 N–H and O–H groups in total. The van der Waals surface area contributed by atoms with Crippen LogP contribution in [-0.4, -0.2) is 69.6 Å². The summed E-state index contributed by atoms with van der Waals surface area (Å²) in [5, 5.41) is 0. The minimum absolute atomic E-state index is 0.0556. The monoisotopic (exact) mass is 763 g/mol. The smallest absolute Gasteiger partial charge is 0.308 e. The first-order chi connectivity index (χ1) is 21.3. The van der Waals surface area contributed by atoms with Gasteiger partial charge in [0.15, 0.2) is 0 Å². The Morgan fingerprint density at radius 2 is 0.854 bits per heavy atom. The first-order valence-electron chi connectivity index (χ1n) is 17.3. The van der Waals surface area contributed by atoms with E-state index in [-0.39, 0.29) is 44.9 Å². The van der Waals surface area contributed by atoms with E-state index in [4.69, 9.17) is 18.3 Å². The Labute approximate surface area is 288 Å². The van der Waals surface area contributed by atoms with Crippen molar-refractivity contribution in [3.05, 3.63) is 0 Å². The average molecular weight is 764 g/mol. The number of alkyl halides is 7. The van der Waals surface area contributed by atoms with Gasteiger partial charge in [-0.2, -0.15) is 17.6 Å². The fourth-order valence-electron chi connectivity index (χ4n) is 6.96. The van der Waals surface area contributed by atoms with Gasteiger partial charge in [0.25, 0.3) is 0 Å². The molecule has 5 unspecified atom stereocenters. The molecule has 2 aliphatic rings. The van der Waals surface area contributed by atoms with Crippen LogP contribution in [0.1, 0.15) is 121 Å². The second kappa shape index (κ2) is 16.4. The summed E-state index contributed by atoms with van der Waals surface area (Å²) in [5.41, 5.74) is -5.00. The Bertz CT molecular complexity index is 1090. The molecule has 0 radical (unpaired) electrons. The summed E-state index contributed by atoms with van der Waals surface area (Å²) in [5.74, 6) is -6.45. The van der Waals surface area contributed by atoms with E-state index in [0.29, 0.717) is 0 Å². The van der Waals surface area contributed by atoms with Crippen LogP contribution in [0.15, 0.2) is 13.5 Å². The maximum atomic E-state index is 14.5. The van der Waals surface area contributed by atoms with Crippen LogP contribution >= 0.6 is 21.6 Å². The summed E-state index contributed by atoms with van der Waals surface area (Å²) in [6, 6.07) is 0. The molecule has 0 aromatic carbocycles. The number of nitrogens with zero attached hydrogens (tertiary/aromatic N) is 3. The second-order valence-electron chi connectivity index (χ2n) is 14.9. The van der Waals surface area contributed by atoms with Gasteiger partial charge in [-0.3, -0.25) is 4.74 Å². The van der Waals surface area contributed by atoms with Crippen molar-refractivity contribution < 1.29 is 40.2 Å². The van der Waals surface area contributed by atoms with E-state index in [2.05, 4.69) is 44.7 Å². The molecule has 0 amide bonds. The standard InChI is InChI=1S/C16H30F4O.C11H19F3O.C6H18N3P3/c1-7-13(8-2,9-3)15(17,18)21-16(19,20)14(10-4,11-5)12-6;1-6-11(14)8(3)9(4,12)7(2)10(5,13)15-11;1-10(2)7-11(3,4)9-12(5,6)8-10/h7-12H2,1-6H3;7-8H,6H2,1-5H3;1-6H3. The maximum Gasteiger partial charge on any atom is 0.365 e. The third kappa shape index (κ3) is 10.8. The molecule has 0 aliphatic carbocycles. The lowest BCUT2D eigenvalue weighted by atomic mass is 9.71. The van der Waals surface area contributed by atoms with Gasteiger partial charge in [-0.1, -0.05) is 62.3 Å². The zero-order valence-electron chi connectivity index (χ0n) is 32.7. The van der Waals surface area contributed by atoms with Crippen molar-refractivity contribution in [3.63, 3.8) is 0 Å². The summed E-state index contributed by atoms with van der Waals surface area (Å²) >= 11 is 0. The van der Waals surface area contributed by atoms with Gasteiger partial charge in [0, 0.05) is 18.3 Å². The molecule has 2 heterocycles. The molecule has 5 nitrogen and oxygen atoms in total. The fraction of sp³-hybridized carbons (Fsp3) is 1.00. The maximum absolute atomic E-state index is 14.5. The number of hydrogen-bond donors (Lipinski definition) is 0. The highest BCUT2D eigenvalue weighted by atomic mass is 31.2. The van der Waals surface area contributed by atoms with Crippen LogP contribution in [0.3, 0.4) is 0 Å². The topological polar surface area (TPSA) is 55.5 Å². The molecule has 1 saturated heterocycles. The van der Waals surface area contributed by atoms with Gasteiger partial charge in [-0.05, 0) is 92.4 Å². The van der Waals surface area contributed by atoms with E-state index in [1.165, 1.54) is 27.7 Å². The van der Waals surface area contributed by atoms with Gasteiger partial charge in [-0.15, -0.1) is 0 Å². The molecular weight excluding hydrogens is 696 g/mol. The predicted molar refractivity (Wildman–Crippen MR) is 194 cm³/mol. The van der Waals surface area contributed by atoms with Crippen LogP contribution in [0.5, 0.6) is 0 Å². The lowest BCUT2D eigenvalue weighted by Crippen LogP contribution is -2.62. The van der Waals surface area contributed by atoms with Crippen LogP contribution < -0.4 is 0 Å². The van der Waals surface area contributed by atoms with Gasteiger partial charge in [0.1, 0.15) is 5.67 Å². The highest BCUT2D eigenvalue weighted by molar-refractivity contribution is 7.85. The quantitative estimate of drug-likeness (QED) is 0.155. The Balaban J connectivity index is 0.000000718. The first-order valence-corrected chi connectivity index (χ1v) is 25.0. The van der Waals surface area contributed by atoms with Crippen molar-refractivity contribution >= 4 is 21.6 Å². The lowest BCUT2D eigenvalue weighted by molar-refractivity contribution is -0.442. The summed E-state index contributed by atoms with van der Waals surface area (Å²) in [7, 11) is -3.97. The predicted octanol–water partition coefficient (Wildman–Crippen LogP) is 14.5. The molecule has 290 valence electrons. The van der Waals surface area contributed by atoms with Crippen LogP contribution in [0.4, 0.5) is 30.7 Å². The summed E-state index contributed by atoms with van der Waals surface area (Å²) in [6.45, 7) is 29.4. The van der Waals surface area contributed by atoms with Gasteiger partial charge in [-0.25, -0.2) is 26.7 Å². The van der Waals surface area contributed by atoms with E-state index in [0.717, 1.165) is 6.92 Å². The molecule has 48 heavy (non-hydrogen) atoms. The highest BCUT2D eigenvalue weighted by Gasteiger charge is 2.63. The number of hydrogen-bond acceptors (Lipinski definition) is 5. The van der Waals surface area contributed by atoms with E-state index < -0.39 is 73.9 Å². The van der Waals surface area contributed by atoms with Crippen LogP contribution in [0.2, 0.25) is 0 Å². The molecule has 0 aromatic heterocycles. The van der Waals surface area contributed by atoms with Crippen molar-refractivity contribution in [3.8, 4) is 0 Å². The molecule has 2 rings (SSSR count). The molecule has 0 saturated carbocycles. The van der Waals surface area contributed by atoms with Gasteiger partial charge >= 0.3 is 12.2 Å². The Hall–Kier alpha value is 0.120. The fourth-order valence-corrected chi connectivity index (χ4v) is 21.2. The molecule has 2 aliphatic heterocycles. The molecule has 15 heteroatoms. The third-order valence-corrected chi connectivity index (χ3v) is 21.3. The summed E-state index contributed by atoms with van der Waals surface area (Å²) < 4.78 is 124.